The quantitative estimate of drug-likeness (QED) is 0.579. The maximum atomic E-state index is 12.6. The minimum atomic E-state index is -4.48. The first-order chi connectivity index (χ1) is 7.48. The van der Waals surface area contributed by atoms with E-state index in [1.54, 1.807) is 24.3 Å². The molecule has 86 valence electrons. The van der Waals surface area contributed by atoms with Crippen molar-refractivity contribution in [3.8, 4) is 0 Å². The lowest BCUT2D eigenvalue weighted by atomic mass is 10.2. The fourth-order valence-electron chi connectivity index (χ4n) is 1.29. The Bertz CT molecular complexity index is 433. The molecule has 2 rings (SSSR count). The van der Waals surface area contributed by atoms with Gasteiger partial charge in [0.15, 0.2) is 12.6 Å². The maximum Gasteiger partial charge on any atom is 0.488 e. The largest absolute Gasteiger partial charge is 0.488 e. The van der Waals surface area contributed by atoms with Crippen LogP contribution in [0, 0.1) is 3.57 Å². The maximum absolute atomic E-state index is 12.6. The molecule has 0 atom stereocenters. The Kier molecular flexibility index (Phi) is 2.96. The van der Waals surface area contributed by atoms with E-state index >= 15 is 0 Å². The van der Waals surface area contributed by atoms with Crippen molar-refractivity contribution in [2.75, 3.05) is 6.73 Å². The molecule has 1 heterocycles. The van der Waals surface area contributed by atoms with Gasteiger partial charge >= 0.3 is 6.30 Å². The number of amidine groups is 1. The average molecular weight is 342 g/mol. The first-order valence-corrected chi connectivity index (χ1v) is 5.36. The fraction of sp³-hybridized carbons (Fsp3) is 0.222. The zero-order valence-electron chi connectivity index (χ0n) is 7.83. The Balaban J connectivity index is 2.34. The average Bonchev–Trinajstić information content (AvgIpc) is 2.65. The molecule has 1 aromatic rings. The number of rotatable bonds is 1. The molecule has 0 amide bonds. The van der Waals surface area contributed by atoms with E-state index in [0.717, 1.165) is 3.57 Å². The molecular formula is C9H6F3IN2O. The Morgan fingerprint density at radius 3 is 2.75 bits per heavy atom. The zero-order chi connectivity index (χ0) is 11.8. The van der Waals surface area contributed by atoms with Crippen molar-refractivity contribution in [2.45, 2.75) is 6.30 Å². The molecule has 16 heavy (non-hydrogen) atoms. The molecule has 0 radical (unpaired) electrons. The summed E-state index contributed by atoms with van der Waals surface area (Å²) in [7, 11) is 0. The Labute approximate surface area is 103 Å². The topological polar surface area (TPSA) is 24.8 Å². The third-order valence-electron chi connectivity index (χ3n) is 1.98. The van der Waals surface area contributed by atoms with E-state index in [4.69, 9.17) is 0 Å². The lowest BCUT2D eigenvalue weighted by molar-refractivity contribution is -0.228. The molecule has 0 bridgehead atoms. The Hall–Kier alpha value is -0.990. The molecule has 0 saturated carbocycles. The first kappa shape index (κ1) is 11.5. The van der Waals surface area contributed by atoms with E-state index in [1.807, 2.05) is 22.6 Å². The molecular weight excluding hydrogens is 336 g/mol. The minimum Gasteiger partial charge on any atom is -0.372 e. The molecule has 0 N–H and O–H groups in total. The second-order valence-electron chi connectivity index (χ2n) is 3.08. The summed E-state index contributed by atoms with van der Waals surface area (Å²) in [6.07, 6.45) is -4.48. The smallest absolute Gasteiger partial charge is 0.372 e. The number of nitrogens with zero attached hydrogens (tertiary/aromatic N) is 2. The highest BCUT2D eigenvalue weighted by Crippen LogP contribution is 2.27. The predicted molar refractivity (Wildman–Crippen MR) is 59.5 cm³/mol. The van der Waals surface area contributed by atoms with Gasteiger partial charge in [-0.15, -0.1) is 13.2 Å². The van der Waals surface area contributed by atoms with Crippen LogP contribution >= 0.6 is 22.6 Å². The van der Waals surface area contributed by atoms with Crippen LogP contribution in [0.25, 0.3) is 0 Å². The molecule has 7 heteroatoms. The van der Waals surface area contributed by atoms with Gasteiger partial charge in [-0.2, -0.15) is 0 Å². The molecule has 1 aliphatic rings. The van der Waals surface area contributed by atoms with Gasteiger partial charge in [0.2, 0.25) is 0 Å². The van der Waals surface area contributed by atoms with Crippen LogP contribution in [0.5, 0.6) is 0 Å². The van der Waals surface area contributed by atoms with Crippen molar-refractivity contribution < 1.29 is 18.0 Å². The van der Waals surface area contributed by atoms with Gasteiger partial charge in [-0.3, -0.25) is 0 Å². The van der Waals surface area contributed by atoms with Crippen molar-refractivity contribution in [1.82, 2.24) is 4.90 Å². The number of hydrogen-bond donors (Lipinski definition) is 0. The van der Waals surface area contributed by atoms with Gasteiger partial charge in [0.25, 0.3) is 0 Å². The summed E-state index contributed by atoms with van der Waals surface area (Å²) in [6, 6.07) is 6.64. The second-order valence-corrected chi connectivity index (χ2v) is 4.32. The van der Waals surface area contributed by atoms with Crippen LogP contribution in [0.15, 0.2) is 29.4 Å². The summed E-state index contributed by atoms with van der Waals surface area (Å²) in [5.74, 6) is -0.203. The number of hydrogen-bond acceptors (Lipinski definition) is 3. The molecule has 1 aromatic carbocycles. The van der Waals surface area contributed by atoms with Gasteiger partial charge < -0.3 is 4.84 Å². The molecule has 3 nitrogen and oxygen atoms in total. The monoisotopic (exact) mass is 342 g/mol. The highest BCUT2D eigenvalue weighted by atomic mass is 127. The summed E-state index contributed by atoms with van der Waals surface area (Å²) in [5.41, 5.74) is 0.390. The third kappa shape index (κ3) is 2.23. The Morgan fingerprint density at radius 1 is 1.38 bits per heavy atom. The standard InChI is InChI=1S/C9H6F3IN2O/c10-9(11,12)15-5-16-14-8(15)6-2-1-3-7(13)4-6/h1-4H,5H2. The number of halogens is 4. The van der Waals surface area contributed by atoms with E-state index in [2.05, 4.69) is 9.99 Å². The second kappa shape index (κ2) is 4.11. The van der Waals surface area contributed by atoms with E-state index in [0.29, 0.717) is 5.56 Å². The van der Waals surface area contributed by atoms with Gasteiger partial charge in [0.05, 0.1) is 0 Å². The SMILES string of the molecule is FC(F)(F)N1CON=C1c1cccc(I)c1. The molecule has 0 aliphatic carbocycles. The van der Waals surface area contributed by atoms with Crippen molar-refractivity contribution in [3.05, 3.63) is 33.4 Å². The molecule has 0 unspecified atom stereocenters. The van der Waals surface area contributed by atoms with Crippen molar-refractivity contribution in [2.24, 2.45) is 5.16 Å². The van der Waals surface area contributed by atoms with Gasteiger partial charge in [-0.05, 0) is 34.7 Å². The number of oxime groups is 1. The lowest BCUT2D eigenvalue weighted by Crippen LogP contribution is -2.40. The molecule has 0 saturated heterocycles. The normalized spacial score (nSPS) is 16.0. The Morgan fingerprint density at radius 2 is 2.12 bits per heavy atom. The van der Waals surface area contributed by atoms with Crippen molar-refractivity contribution in [3.63, 3.8) is 0 Å². The number of benzene rings is 1. The summed E-state index contributed by atoms with van der Waals surface area (Å²) in [4.78, 5) is 4.65. The highest BCUT2D eigenvalue weighted by Gasteiger charge is 2.43. The van der Waals surface area contributed by atoms with Gasteiger partial charge in [-0.25, -0.2) is 4.90 Å². The van der Waals surface area contributed by atoms with E-state index in [-0.39, 0.29) is 10.7 Å². The molecule has 1 aliphatic heterocycles. The molecule has 0 fully saturated rings. The van der Waals surface area contributed by atoms with Gasteiger partial charge in [0.1, 0.15) is 0 Å². The van der Waals surface area contributed by atoms with Crippen LogP contribution in [-0.2, 0) is 4.84 Å². The molecule has 0 spiro atoms. The van der Waals surface area contributed by atoms with Crippen molar-refractivity contribution >= 4 is 28.4 Å². The summed E-state index contributed by atoms with van der Waals surface area (Å²) in [5, 5.41) is 3.41. The summed E-state index contributed by atoms with van der Waals surface area (Å²) in [6.45, 7) is -0.593. The predicted octanol–water partition coefficient (Wildman–Crippen LogP) is 2.76. The van der Waals surface area contributed by atoms with E-state index in [1.165, 1.54) is 0 Å². The van der Waals surface area contributed by atoms with Gasteiger partial charge in [-0.1, -0.05) is 17.3 Å². The van der Waals surface area contributed by atoms with Crippen LogP contribution < -0.4 is 0 Å². The molecule has 0 aromatic heterocycles. The van der Waals surface area contributed by atoms with Crippen LogP contribution in [0.2, 0.25) is 0 Å². The van der Waals surface area contributed by atoms with E-state index in [9.17, 15) is 13.2 Å². The first-order valence-electron chi connectivity index (χ1n) is 4.29. The van der Waals surface area contributed by atoms with Crippen molar-refractivity contribution in [1.29, 1.82) is 0 Å². The highest BCUT2D eigenvalue weighted by molar-refractivity contribution is 14.1. The third-order valence-corrected chi connectivity index (χ3v) is 2.65. The zero-order valence-corrected chi connectivity index (χ0v) is 9.99. The minimum absolute atomic E-state index is 0.165. The van der Waals surface area contributed by atoms with Crippen LogP contribution in [0.3, 0.4) is 0 Å². The number of alkyl halides is 3. The van der Waals surface area contributed by atoms with Gasteiger partial charge in [0, 0.05) is 9.13 Å². The van der Waals surface area contributed by atoms with Crippen LogP contribution in [-0.4, -0.2) is 23.8 Å². The summed E-state index contributed by atoms with van der Waals surface area (Å²) >= 11 is 2.02. The van der Waals surface area contributed by atoms with Crippen LogP contribution in [0.4, 0.5) is 13.2 Å². The lowest BCUT2D eigenvalue weighted by Gasteiger charge is -2.20. The fourth-order valence-corrected chi connectivity index (χ4v) is 1.83. The summed E-state index contributed by atoms with van der Waals surface area (Å²) < 4.78 is 38.5. The van der Waals surface area contributed by atoms with E-state index < -0.39 is 13.0 Å². The van der Waals surface area contributed by atoms with Crippen LogP contribution in [0.1, 0.15) is 5.56 Å².